The number of rotatable bonds is 2. The molecule has 0 spiro atoms. The molecule has 3 nitrogen and oxygen atoms in total. The molecule has 0 saturated heterocycles. The Labute approximate surface area is 140 Å². The van der Waals surface area contributed by atoms with Crippen LogP contribution in [-0.4, -0.2) is 9.78 Å². The molecule has 2 N–H and O–H groups in total. The number of aryl methyl sites for hydroxylation is 1. The highest BCUT2D eigenvalue weighted by molar-refractivity contribution is 7.19. The first-order valence-corrected chi connectivity index (χ1v) is 7.96. The highest BCUT2D eigenvalue weighted by Crippen LogP contribution is 2.44. The van der Waals surface area contributed by atoms with E-state index >= 15 is 0 Å². The summed E-state index contributed by atoms with van der Waals surface area (Å²) in [6.07, 6.45) is 0. The van der Waals surface area contributed by atoms with E-state index in [1.807, 2.05) is 12.1 Å². The molecule has 0 fully saturated rings. The standard InChI is InChI=1S/C14H10Cl3N3S/c1-20-14(18)12(11-7(15)3-2-4-8(11)16)13(19-20)9-5-6-10(17)21-9/h2-6H,18H2,1H3. The third kappa shape index (κ3) is 2.53. The molecule has 108 valence electrons. The van der Waals surface area contributed by atoms with Crippen molar-refractivity contribution in [3.05, 3.63) is 44.7 Å². The number of nitrogens with two attached hydrogens (primary N) is 1. The Kier molecular flexibility index (Phi) is 3.88. The Morgan fingerprint density at radius 3 is 2.29 bits per heavy atom. The Bertz CT molecular complexity index is 803. The number of nitrogen functional groups attached to an aromatic ring is 1. The zero-order valence-electron chi connectivity index (χ0n) is 10.9. The molecular weight excluding hydrogens is 349 g/mol. The second-order valence-corrected chi connectivity index (χ2v) is 6.96. The second kappa shape index (κ2) is 5.54. The topological polar surface area (TPSA) is 43.8 Å². The summed E-state index contributed by atoms with van der Waals surface area (Å²) in [4.78, 5) is 0.915. The van der Waals surface area contributed by atoms with Crippen LogP contribution in [0.3, 0.4) is 0 Å². The molecule has 0 aliphatic rings. The van der Waals surface area contributed by atoms with Crippen LogP contribution < -0.4 is 5.73 Å². The molecule has 21 heavy (non-hydrogen) atoms. The van der Waals surface area contributed by atoms with Gasteiger partial charge < -0.3 is 5.73 Å². The van der Waals surface area contributed by atoms with E-state index in [2.05, 4.69) is 5.10 Å². The molecule has 3 aromatic rings. The zero-order chi connectivity index (χ0) is 15.1. The summed E-state index contributed by atoms with van der Waals surface area (Å²) in [6, 6.07) is 9.08. The fourth-order valence-electron chi connectivity index (χ4n) is 2.13. The quantitative estimate of drug-likeness (QED) is 0.670. The molecule has 1 aromatic carbocycles. The number of benzene rings is 1. The van der Waals surface area contributed by atoms with E-state index in [-0.39, 0.29) is 0 Å². The van der Waals surface area contributed by atoms with Crippen LogP contribution >= 0.6 is 46.1 Å². The number of hydrogen-bond acceptors (Lipinski definition) is 3. The van der Waals surface area contributed by atoms with Gasteiger partial charge in [0.15, 0.2) is 0 Å². The van der Waals surface area contributed by atoms with Gasteiger partial charge in [-0.25, -0.2) is 0 Å². The third-order valence-electron chi connectivity index (χ3n) is 3.11. The molecule has 0 atom stereocenters. The maximum absolute atomic E-state index is 6.31. The van der Waals surface area contributed by atoms with Crippen LogP contribution in [-0.2, 0) is 7.05 Å². The summed E-state index contributed by atoms with van der Waals surface area (Å²) in [5, 5.41) is 5.55. The fraction of sp³-hybridized carbons (Fsp3) is 0.0714. The van der Waals surface area contributed by atoms with E-state index in [9.17, 15) is 0 Å². The molecule has 0 bridgehead atoms. The monoisotopic (exact) mass is 357 g/mol. The molecule has 0 unspecified atom stereocenters. The summed E-state index contributed by atoms with van der Waals surface area (Å²) in [5.41, 5.74) is 8.31. The normalized spacial score (nSPS) is 11.0. The van der Waals surface area contributed by atoms with Crippen LogP contribution in [0.4, 0.5) is 5.82 Å². The first kappa shape index (κ1) is 14.7. The first-order valence-electron chi connectivity index (χ1n) is 6.01. The molecule has 2 heterocycles. The fourth-order valence-corrected chi connectivity index (χ4v) is 3.75. The smallest absolute Gasteiger partial charge is 0.130 e. The van der Waals surface area contributed by atoms with Crippen LogP contribution in [0, 0.1) is 0 Å². The van der Waals surface area contributed by atoms with Gasteiger partial charge in [-0.2, -0.15) is 5.10 Å². The van der Waals surface area contributed by atoms with Crippen LogP contribution in [0.1, 0.15) is 0 Å². The lowest BCUT2D eigenvalue weighted by Gasteiger charge is -2.08. The second-order valence-electron chi connectivity index (χ2n) is 4.43. The Balaban J connectivity index is 2.32. The molecule has 0 amide bonds. The molecule has 3 rings (SSSR count). The van der Waals surface area contributed by atoms with E-state index in [0.29, 0.717) is 25.8 Å². The van der Waals surface area contributed by atoms with Crippen LogP contribution in [0.25, 0.3) is 21.7 Å². The highest BCUT2D eigenvalue weighted by Gasteiger charge is 2.22. The van der Waals surface area contributed by atoms with Gasteiger partial charge in [-0.15, -0.1) is 11.3 Å². The van der Waals surface area contributed by atoms with Crippen molar-refractivity contribution in [2.24, 2.45) is 7.05 Å². The third-order valence-corrected chi connectivity index (χ3v) is 4.98. The zero-order valence-corrected chi connectivity index (χ0v) is 14.0. The Morgan fingerprint density at radius 2 is 1.71 bits per heavy atom. The van der Waals surface area contributed by atoms with Gasteiger partial charge in [0, 0.05) is 12.6 Å². The summed E-state index contributed by atoms with van der Waals surface area (Å²) >= 11 is 20.1. The number of thiophene rings is 1. The van der Waals surface area contributed by atoms with Crippen LogP contribution in [0.15, 0.2) is 30.3 Å². The van der Waals surface area contributed by atoms with Crippen molar-refractivity contribution in [2.45, 2.75) is 0 Å². The van der Waals surface area contributed by atoms with Crippen molar-refractivity contribution >= 4 is 52.0 Å². The van der Waals surface area contributed by atoms with Gasteiger partial charge in [0.2, 0.25) is 0 Å². The Morgan fingerprint density at radius 1 is 1.05 bits per heavy atom. The molecule has 7 heteroatoms. The summed E-state index contributed by atoms with van der Waals surface area (Å²) < 4.78 is 2.29. The van der Waals surface area contributed by atoms with Crippen molar-refractivity contribution in [2.75, 3.05) is 5.73 Å². The van der Waals surface area contributed by atoms with Crippen molar-refractivity contribution in [1.82, 2.24) is 9.78 Å². The van der Waals surface area contributed by atoms with E-state index in [1.165, 1.54) is 11.3 Å². The molecule has 0 aliphatic heterocycles. The first-order chi connectivity index (χ1) is 9.99. The van der Waals surface area contributed by atoms with Crippen molar-refractivity contribution in [1.29, 1.82) is 0 Å². The maximum Gasteiger partial charge on any atom is 0.130 e. The minimum absolute atomic E-state index is 0.504. The number of halogens is 3. The lowest BCUT2D eigenvalue weighted by atomic mass is 10.0. The SMILES string of the molecule is Cn1nc(-c2ccc(Cl)s2)c(-c2c(Cl)cccc2Cl)c1N. The van der Waals surface area contributed by atoms with Crippen molar-refractivity contribution in [3.8, 4) is 21.7 Å². The average Bonchev–Trinajstić information content (AvgIpc) is 2.97. The van der Waals surface area contributed by atoms with Crippen molar-refractivity contribution < 1.29 is 0 Å². The molecular formula is C14H10Cl3N3S. The minimum Gasteiger partial charge on any atom is -0.383 e. The van der Waals surface area contributed by atoms with Gasteiger partial charge in [0.05, 0.1) is 24.8 Å². The van der Waals surface area contributed by atoms with E-state index < -0.39 is 0 Å². The molecule has 0 aliphatic carbocycles. The number of hydrogen-bond donors (Lipinski definition) is 1. The summed E-state index contributed by atoms with van der Waals surface area (Å²) in [5.74, 6) is 0.504. The van der Waals surface area contributed by atoms with Gasteiger partial charge in [-0.3, -0.25) is 4.68 Å². The largest absolute Gasteiger partial charge is 0.383 e. The highest BCUT2D eigenvalue weighted by atomic mass is 35.5. The predicted octanol–water partition coefficient (Wildman–Crippen LogP) is 5.36. The van der Waals surface area contributed by atoms with Crippen LogP contribution in [0.5, 0.6) is 0 Å². The van der Waals surface area contributed by atoms with Gasteiger partial charge in [-0.05, 0) is 24.3 Å². The average molecular weight is 359 g/mol. The maximum atomic E-state index is 6.31. The minimum atomic E-state index is 0.504. The van der Waals surface area contributed by atoms with E-state index in [0.717, 1.165) is 16.1 Å². The summed E-state index contributed by atoms with van der Waals surface area (Å²) in [6.45, 7) is 0. The molecule has 2 aromatic heterocycles. The van der Waals surface area contributed by atoms with Crippen LogP contribution in [0.2, 0.25) is 14.4 Å². The Hall–Kier alpha value is -1.20. The van der Waals surface area contributed by atoms with E-state index in [1.54, 1.807) is 29.9 Å². The van der Waals surface area contributed by atoms with Gasteiger partial charge >= 0.3 is 0 Å². The lowest BCUT2D eigenvalue weighted by Crippen LogP contribution is -1.98. The molecule has 0 saturated carbocycles. The van der Waals surface area contributed by atoms with Crippen molar-refractivity contribution in [3.63, 3.8) is 0 Å². The number of aromatic nitrogens is 2. The van der Waals surface area contributed by atoms with E-state index in [4.69, 9.17) is 40.5 Å². The van der Waals surface area contributed by atoms with Gasteiger partial charge in [0.25, 0.3) is 0 Å². The van der Waals surface area contributed by atoms with Gasteiger partial charge in [-0.1, -0.05) is 40.9 Å². The molecule has 0 radical (unpaired) electrons. The number of nitrogens with zero attached hydrogens (tertiary/aromatic N) is 2. The summed E-state index contributed by atoms with van der Waals surface area (Å²) in [7, 11) is 1.78. The predicted molar refractivity (Wildman–Crippen MR) is 91.4 cm³/mol. The number of anilines is 1. The van der Waals surface area contributed by atoms with Gasteiger partial charge in [0.1, 0.15) is 11.5 Å². The lowest BCUT2D eigenvalue weighted by molar-refractivity contribution is 0.783.